The second kappa shape index (κ2) is 4.85. The lowest BCUT2D eigenvalue weighted by Crippen LogP contribution is -2.38. The molecule has 0 spiro atoms. The summed E-state index contributed by atoms with van der Waals surface area (Å²) in [5.41, 5.74) is 0.913. The topological polar surface area (TPSA) is 12.5 Å². The summed E-state index contributed by atoms with van der Waals surface area (Å²) in [5, 5.41) is 0. The number of benzene rings is 1. The number of hydrogen-bond acceptors (Lipinski definition) is 2. The summed E-state index contributed by atoms with van der Waals surface area (Å²) >= 11 is 0. The number of likely N-dealkylation sites (tertiary alicyclic amines) is 1. The van der Waals surface area contributed by atoms with Gasteiger partial charge in [0.25, 0.3) is 0 Å². The van der Waals surface area contributed by atoms with Crippen LogP contribution in [-0.4, -0.2) is 30.6 Å². The molecule has 0 N–H and O–H groups in total. The minimum Gasteiger partial charge on any atom is -0.497 e. The molecule has 2 unspecified atom stereocenters. The van der Waals surface area contributed by atoms with Gasteiger partial charge in [0.2, 0.25) is 0 Å². The van der Waals surface area contributed by atoms with Crippen molar-refractivity contribution in [3.63, 3.8) is 0 Å². The Hall–Kier alpha value is -1.42. The first-order valence-electron chi connectivity index (χ1n) is 7.02. The van der Waals surface area contributed by atoms with E-state index in [2.05, 4.69) is 18.7 Å². The van der Waals surface area contributed by atoms with Crippen LogP contribution in [0.1, 0.15) is 25.8 Å². The fraction of sp³-hybridized carbons (Fsp3) is 0.500. The van der Waals surface area contributed by atoms with E-state index in [1.807, 2.05) is 6.08 Å². The van der Waals surface area contributed by atoms with Gasteiger partial charge in [-0.1, -0.05) is 6.08 Å². The Morgan fingerprint density at radius 1 is 1.25 bits per heavy atom. The smallest absolute Gasteiger partial charge is 0.137 e. The summed E-state index contributed by atoms with van der Waals surface area (Å²) in [5.74, 6) is -0.444. The van der Waals surface area contributed by atoms with Gasteiger partial charge in [-0.15, -0.1) is 0 Å². The maximum absolute atomic E-state index is 14.2. The van der Waals surface area contributed by atoms with Crippen molar-refractivity contribution in [2.75, 3.05) is 13.7 Å². The third kappa shape index (κ3) is 2.03. The average Bonchev–Trinajstić information content (AvgIpc) is 2.97. The second-order valence-electron chi connectivity index (χ2n) is 5.89. The van der Waals surface area contributed by atoms with E-state index in [4.69, 9.17) is 4.74 Å². The molecule has 108 valence electrons. The first kappa shape index (κ1) is 13.6. The molecule has 2 bridgehead atoms. The predicted molar refractivity (Wildman–Crippen MR) is 74.6 cm³/mol. The SMILES string of the molecule is COc1cc(F)c(C2=CC3CC2N(C(C)C)C3)c(F)c1. The van der Waals surface area contributed by atoms with Crippen molar-refractivity contribution in [1.82, 2.24) is 4.90 Å². The van der Waals surface area contributed by atoms with Crippen LogP contribution in [0.15, 0.2) is 18.2 Å². The van der Waals surface area contributed by atoms with Crippen molar-refractivity contribution in [2.45, 2.75) is 32.4 Å². The molecule has 0 aromatic heterocycles. The Balaban J connectivity index is 2.01. The van der Waals surface area contributed by atoms with E-state index in [9.17, 15) is 8.78 Å². The molecule has 0 amide bonds. The quantitative estimate of drug-likeness (QED) is 0.840. The Bertz CT molecular complexity index is 545. The molecule has 1 aliphatic carbocycles. The van der Waals surface area contributed by atoms with Gasteiger partial charge in [-0.2, -0.15) is 0 Å². The third-order valence-corrected chi connectivity index (χ3v) is 4.35. The van der Waals surface area contributed by atoms with E-state index in [-0.39, 0.29) is 17.4 Å². The summed E-state index contributed by atoms with van der Waals surface area (Å²) in [6, 6.07) is 3.03. The highest BCUT2D eigenvalue weighted by molar-refractivity contribution is 5.74. The largest absolute Gasteiger partial charge is 0.497 e. The maximum atomic E-state index is 14.2. The third-order valence-electron chi connectivity index (χ3n) is 4.35. The van der Waals surface area contributed by atoms with Gasteiger partial charge in [-0.05, 0) is 31.8 Å². The molecule has 1 saturated heterocycles. The molecule has 0 radical (unpaired) electrons. The summed E-state index contributed by atoms with van der Waals surface area (Å²) < 4.78 is 33.4. The number of rotatable bonds is 3. The molecule has 2 nitrogen and oxygen atoms in total. The van der Waals surface area contributed by atoms with E-state index in [1.54, 1.807) is 0 Å². The van der Waals surface area contributed by atoms with E-state index in [0.717, 1.165) is 18.5 Å². The van der Waals surface area contributed by atoms with Gasteiger partial charge in [0.15, 0.2) is 0 Å². The summed E-state index contributed by atoms with van der Waals surface area (Å²) in [4.78, 5) is 2.32. The van der Waals surface area contributed by atoms with Crippen LogP contribution < -0.4 is 4.74 Å². The average molecular weight is 279 g/mol. The molecule has 1 aromatic rings. The summed E-state index contributed by atoms with van der Waals surface area (Å²) in [6.07, 6.45) is 3.01. The number of nitrogens with zero attached hydrogens (tertiary/aromatic N) is 1. The van der Waals surface area contributed by atoms with Crippen LogP contribution >= 0.6 is 0 Å². The molecule has 20 heavy (non-hydrogen) atoms. The van der Waals surface area contributed by atoms with Gasteiger partial charge in [0, 0.05) is 30.8 Å². The first-order chi connectivity index (χ1) is 9.51. The van der Waals surface area contributed by atoms with Crippen LogP contribution in [0.2, 0.25) is 0 Å². The van der Waals surface area contributed by atoms with Crippen LogP contribution in [0.4, 0.5) is 8.78 Å². The zero-order valence-electron chi connectivity index (χ0n) is 12.0. The van der Waals surface area contributed by atoms with Crippen molar-refractivity contribution in [2.24, 2.45) is 5.92 Å². The molecule has 1 fully saturated rings. The van der Waals surface area contributed by atoms with E-state index in [0.29, 0.717) is 12.0 Å². The number of fused-ring (bicyclic) bond motifs is 2. The minimum absolute atomic E-state index is 0.114. The zero-order chi connectivity index (χ0) is 14.4. The molecule has 1 aromatic carbocycles. The van der Waals surface area contributed by atoms with Gasteiger partial charge in [0.05, 0.1) is 12.7 Å². The maximum Gasteiger partial charge on any atom is 0.137 e. The Morgan fingerprint density at radius 2 is 1.90 bits per heavy atom. The van der Waals surface area contributed by atoms with Crippen molar-refractivity contribution in [1.29, 1.82) is 0 Å². The Labute approximate surface area is 118 Å². The van der Waals surface area contributed by atoms with Gasteiger partial charge in [-0.25, -0.2) is 8.78 Å². The number of methoxy groups -OCH3 is 1. The predicted octanol–water partition coefficient (Wildman–Crippen LogP) is 3.47. The van der Waals surface area contributed by atoms with Crippen LogP contribution in [0.3, 0.4) is 0 Å². The summed E-state index contributed by atoms with van der Waals surface area (Å²) in [7, 11) is 1.41. The van der Waals surface area contributed by atoms with Crippen molar-refractivity contribution >= 4 is 5.57 Å². The minimum atomic E-state index is -0.538. The highest BCUT2D eigenvalue weighted by Crippen LogP contribution is 2.44. The van der Waals surface area contributed by atoms with E-state index >= 15 is 0 Å². The fourth-order valence-electron chi connectivity index (χ4n) is 3.45. The van der Waals surface area contributed by atoms with Crippen molar-refractivity contribution in [3.8, 4) is 5.75 Å². The highest BCUT2D eigenvalue weighted by atomic mass is 19.1. The van der Waals surface area contributed by atoms with Crippen LogP contribution in [0.25, 0.3) is 5.57 Å². The number of ether oxygens (including phenoxy) is 1. The normalized spacial score (nSPS) is 25.4. The van der Waals surface area contributed by atoms with Crippen LogP contribution in [0, 0.1) is 17.6 Å². The molecule has 3 rings (SSSR count). The van der Waals surface area contributed by atoms with E-state index < -0.39 is 11.6 Å². The highest BCUT2D eigenvalue weighted by Gasteiger charge is 2.42. The number of hydrogen-bond donors (Lipinski definition) is 0. The molecule has 2 aliphatic rings. The fourth-order valence-corrected chi connectivity index (χ4v) is 3.45. The molecule has 1 aliphatic heterocycles. The standard InChI is InChI=1S/C16H19F2NO/c1-9(2)19-8-10-4-12(15(19)5-10)16-13(17)6-11(20-3)7-14(16)18/h4,6-7,9-10,15H,5,8H2,1-3H3. The van der Waals surface area contributed by atoms with Gasteiger partial charge < -0.3 is 4.74 Å². The molecular weight excluding hydrogens is 260 g/mol. The van der Waals surface area contributed by atoms with Gasteiger partial charge in [-0.3, -0.25) is 4.90 Å². The molecule has 0 saturated carbocycles. The van der Waals surface area contributed by atoms with E-state index in [1.165, 1.54) is 19.2 Å². The van der Waals surface area contributed by atoms with Crippen molar-refractivity contribution < 1.29 is 13.5 Å². The molecular formula is C16H19F2NO. The lowest BCUT2D eigenvalue weighted by atomic mass is 9.98. The monoisotopic (exact) mass is 279 g/mol. The molecule has 1 heterocycles. The zero-order valence-corrected chi connectivity index (χ0v) is 12.0. The second-order valence-corrected chi connectivity index (χ2v) is 5.89. The lowest BCUT2D eigenvalue weighted by molar-refractivity contribution is 0.230. The molecule has 4 heteroatoms. The Morgan fingerprint density at radius 3 is 2.40 bits per heavy atom. The summed E-state index contributed by atoms with van der Waals surface area (Å²) in [6.45, 7) is 5.24. The first-order valence-corrected chi connectivity index (χ1v) is 7.02. The lowest BCUT2D eigenvalue weighted by Gasteiger charge is -2.32. The van der Waals surface area contributed by atoms with Crippen molar-refractivity contribution in [3.05, 3.63) is 35.4 Å². The number of halogens is 2. The van der Waals surface area contributed by atoms with Gasteiger partial charge in [0.1, 0.15) is 17.4 Å². The van der Waals surface area contributed by atoms with Crippen LogP contribution in [0.5, 0.6) is 5.75 Å². The van der Waals surface area contributed by atoms with Crippen LogP contribution in [-0.2, 0) is 0 Å². The van der Waals surface area contributed by atoms with Gasteiger partial charge >= 0.3 is 0 Å². The Kier molecular flexibility index (Phi) is 3.28. The molecule has 2 atom stereocenters.